The van der Waals surface area contributed by atoms with E-state index >= 15 is 0 Å². The smallest absolute Gasteiger partial charge is 0.225 e. The van der Waals surface area contributed by atoms with Crippen molar-refractivity contribution in [1.82, 2.24) is 4.90 Å². The molecule has 0 N–H and O–H groups in total. The molecule has 1 aliphatic heterocycles. The van der Waals surface area contributed by atoms with E-state index in [2.05, 4.69) is 43.0 Å². The van der Waals surface area contributed by atoms with Crippen LogP contribution >= 0.6 is 0 Å². The van der Waals surface area contributed by atoms with Gasteiger partial charge in [0.05, 0.1) is 0 Å². The summed E-state index contributed by atoms with van der Waals surface area (Å²) in [5.41, 5.74) is 1.27. The van der Waals surface area contributed by atoms with Crippen molar-refractivity contribution in [2.24, 2.45) is 5.92 Å². The molecule has 0 aromatic heterocycles. The van der Waals surface area contributed by atoms with Crippen LogP contribution < -0.4 is 4.90 Å². The maximum absolute atomic E-state index is 12.5. The van der Waals surface area contributed by atoms with Crippen molar-refractivity contribution in [3.8, 4) is 0 Å². The standard InChI is InChI=1S/C18H28N2O/c1-4-9-15(2)18(21)19(3)17-12-8-13-20(14-17)16-10-6-5-7-11-16/h5-7,10-11,15,17H,4,8-9,12-14H2,1-3H3. The molecule has 1 saturated heterocycles. The fraction of sp³-hybridized carbons (Fsp3) is 0.611. The minimum absolute atomic E-state index is 0.145. The minimum atomic E-state index is 0.145. The molecule has 2 atom stereocenters. The summed E-state index contributed by atoms with van der Waals surface area (Å²) in [6, 6.07) is 10.9. The second-order valence-corrected chi connectivity index (χ2v) is 6.22. The second kappa shape index (κ2) is 7.48. The van der Waals surface area contributed by atoms with Gasteiger partial charge < -0.3 is 9.80 Å². The largest absolute Gasteiger partial charge is 0.369 e. The van der Waals surface area contributed by atoms with Crippen LogP contribution in [0.5, 0.6) is 0 Å². The molecule has 21 heavy (non-hydrogen) atoms. The SMILES string of the molecule is CCCC(C)C(=O)N(C)C1CCCN(c2ccccc2)C1. The third-order valence-corrected chi connectivity index (χ3v) is 4.56. The van der Waals surface area contributed by atoms with Crippen LogP contribution in [0.15, 0.2) is 30.3 Å². The fourth-order valence-electron chi connectivity index (χ4n) is 3.23. The molecule has 1 aliphatic rings. The fourth-order valence-corrected chi connectivity index (χ4v) is 3.23. The summed E-state index contributed by atoms with van der Waals surface area (Å²) in [5, 5.41) is 0. The summed E-state index contributed by atoms with van der Waals surface area (Å²) in [7, 11) is 1.98. The number of carbonyl (C=O) groups excluding carboxylic acids is 1. The number of amides is 1. The Morgan fingerprint density at radius 1 is 1.38 bits per heavy atom. The average molecular weight is 288 g/mol. The van der Waals surface area contributed by atoms with E-state index in [1.807, 2.05) is 18.0 Å². The highest BCUT2D eigenvalue weighted by molar-refractivity contribution is 5.78. The van der Waals surface area contributed by atoms with E-state index in [0.717, 1.165) is 38.8 Å². The molecule has 0 saturated carbocycles. The third kappa shape index (κ3) is 3.99. The molecule has 2 rings (SSSR count). The molecule has 1 aromatic carbocycles. The number of piperidine rings is 1. The lowest BCUT2D eigenvalue weighted by Crippen LogP contribution is -2.49. The molecule has 0 bridgehead atoms. The number of anilines is 1. The van der Waals surface area contributed by atoms with Gasteiger partial charge in [-0.25, -0.2) is 0 Å². The van der Waals surface area contributed by atoms with Crippen molar-refractivity contribution >= 4 is 11.6 Å². The molecule has 0 radical (unpaired) electrons. The molecule has 0 spiro atoms. The molecule has 3 nitrogen and oxygen atoms in total. The zero-order valence-corrected chi connectivity index (χ0v) is 13.6. The molecular weight excluding hydrogens is 260 g/mol. The zero-order chi connectivity index (χ0) is 15.2. The van der Waals surface area contributed by atoms with Gasteiger partial charge in [-0.15, -0.1) is 0 Å². The van der Waals surface area contributed by atoms with Gasteiger partial charge in [0.1, 0.15) is 0 Å². The Bertz CT molecular complexity index is 446. The highest BCUT2D eigenvalue weighted by Crippen LogP contribution is 2.23. The molecule has 1 heterocycles. The van der Waals surface area contributed by atoms with Gasteiger partial charge in [0.15, 0.2) is 0 Å². The highest BCUT2D eigenvalue weighted by atomic mass is 16.2. The van der Waals surface area contributed by atoms with Gasteiger partial charge in [0, 0.05) is 37.8 Å². The lowest BCUT2D eigenvalue weighted by atomic mass is 10.00. The Morgan fingerprint density at radius 2 is 2.10 bits per heavy atom. The first-order valence-electron chi connectivity index (χ1n) is 8.20. The molecule has 116 valence electrons. The van der Waals surface area contributed by atoms with E-state index in [1.54, 1.807) is 0 Å². The molecule has 0 aliphatic carbocycles. The molecule has 1 aromatic rings. The molecule has 1 amide bonds. The van der Waals surface area contributed by atoms with Crippen LogP contribution in [0.25, 0.3) is 0 Å². The van der Waals surface area contributed by atoms with E-state index in [4.69, 9.17) is 0 Å². The number of para-hydroxylation sites is 1. The van der Waals surface area contributed by atoms with Crippen molar-refractivity contribution in [3.05, 3.63) is 30.3 Å². The topological polar surface area (TPSA) is 23.6 Å². The highest BCUT2D eigenvalue weighted by Gasteiger charge is 2.28. The lowest BCUT2D eigenvalue weighted by molar-refractivity contribution is -0.136. The van der Waals surface area contributed by atoms with E-state index in [0.29, 0.717) is 11.9 Å². The van der Waals surface area contributed by atoms with Gasteiger partial charge in [-0.2, -0.15) is 0 Å². The first-order valence-corrected chi connectivity index (χ1v) is 8.20. The number of nitrogens with zero attached hydrogens (tertiary/aromatic N) is 2. The van der Waals surface area contributed by atoms with E-state index < -0.39 is 0 Å². The van der Waals surface area contributed by atoms with Crippen LogP contribution in [0.1, 0.15) is 39.5 Å². The summed E-state index contributed by atoms with van der Waals surface area (Å²) < 4.78 is 0. The lowest BCUT2D eigenvalue weighted by Gasteiger charge is -2.39. The minimum Gasteiger partial charge on any atom is -0.369 e. The van der Waals surface area contributed by atoms with Crippen molar-refractivity contribution in [2.75, 3.05) is 25.0 Å². The Balaban J connectivity index is 1.99. The van der Waals surface area contributed by atoms with E-state index in [9.17, 15) is 4.79 Å². The van der Waals surface area contributed by atoms with Gasteiger partial charge in [-0.1, -0.05) is 38.5 Å². The summed E-state index contributed by atoms with van der Waals surface area (Å²) in [6.07, 6.45) is 4.32. The summed E-state index contributed by atoms with van der Waals surface area (Å²) in [4.78, 5) is 16.9. The number of likely N-dealkylation sites (N-methyl/N-ethyl adjacent to an activating group) is 1. The maximum atomic E-state index is 12.5. The number of benzene rings is 1. The van der Waals surface area contributed by atoms with Gasteiger partial charge >= 0.3 is 0 Å². The van der Waals surface area contributed by atoms with Crippen LogP contribution in [0.3, 0.4) is 0 Å². The van der Waals surface area contributed by atoms with Gasteiger partial charge in [0.25, 0.3) is 0 Å². The Kier molecular flexibility index (Phi) is 5.66. The quantitative estimate of drug-likeness (QED) is 0.827. The van der Waals surface area contributed by atoms with Crippen LogP contribution in [-0.4, -0.2) is 37.0 Å². The van der Waals surface area contributed by atoms with Crippen molar-refractivity contribution in [1.29, 1.82) is 0 Å². The number of carbonyl (C=O) groups is 1. The van der Waals surface area contributed by atoms with Crippen LogP contribution in [0.4, 0.5) is 5.69 Å². The van der Waals surface area contributed by atoms with Crippen LogP contribution in [0.2, 0.25) is 0 Å². The molecule has 3 heteroatoms. The second-order valence-electron chi connectivity index (χ2n) is 6.22. The molecule has 1 fully saturated rings. The maximum Gasteiger partial charge on any atom is 0.225 e. The first kappa shape index (κ1) is 15.9. The monoisotopic (exact) mass is 288 g/mol. The van der Waals surface area contributed by atoms with Crippen molar-refractivity contribution < 1.29 is 4.79 Å². The molecular formula is C18H28N2O. The molecule has 2 unspecified atom stereocenters. The Hall–Kier alpha value is -1.51. The number of hydrogen-bond acceptors (Lipinski definition) is 2. The van der Waals surface area contributed by atoms with Crippen LogP contribution in [-0.2, 0) is 4.79 Å². The van der Waals surface area contributed by atoms with Gasteiger partial charge in [0.2, 0.25) is 5.91 Å². The third-order valence-electron chi connectivity index (χ3n) is 4.56. The van der Waals surface area contributed by atoms with E-state index in [-0.39, 0.29) is 5.92 Å². The zero-order valence-electron chi connectivity index (χ0n) is 13.6. The predicted octanol–water partition coefficient (Wildman–Crippen LogP) is 3.55. The van der Waals surface area contributed by atoms with Crippen molar-refractivity contribution in [2.45, 2.75) is 45.6 Å². The summed E-state index contributed by atoms with van der Waals surface area (Å²) in [5.74, 6) is 0.448. The van der Waals surface area contributed by atoms with Crippen molar-refractivity contribution in [3.63, 3.8) is 0 Å². The number of rotatable bonds is 5. The first-order chi connectivity index (χ1) is 10.1. The van der Waals surface area contributed by atoms with Crippen LogP contribution in [0, 0.1) is 5.92 Å². The normalized spacial score (nSPS) is 20.1. The summed E-state index contributed by atoms with van der Waals surface area (Å²) in [6.45, 7) is 6.24. The Morgan fingerprint density at radius 3 is 2.76 bits per heavy atom. The van der Waals surface area contributed by atoms with Gasteiger partial charge in [-0.3, -0.25) is 4.79 Å². The van der Waals surface area contributed by atoms with Gasteiger partial charge in [-0.05, 0) is 31.4 Å². The van der Waals surface area contributed by atoms with E-state index in [1.165, 1.54) is 5.69 Å². The predicted molar refractivity (Wildman–Crippen MR) is 88.5 cm³/mol. The average Bonchev–Trinajstić information content (AvgIpc) is 2.54. The Labute approximate surface area is 128 Å². The number of hydrogen-bond donors (Lipinski definition) is 0. The summed E-state index contributed by atoms with van der Waals surface area (Å²) >= 11 is 0.